The fourth-order valence-corrected chi connectivity index (χ4v) is 1.21. The average Bonchev–Trinajstić information content (AvgIpc) is 2.72. The third-order valence-electron chi connectivity index (χ3n) is 1.91. The van der Waals surface area contributed by atoms with Gasteiger partial charge in [-0.3, -0.25) is 4.79 Å². The van der Waals surface area contributed by atoms with Crippen molar-refractivity contribution in [2.45, 2.75) is 6.54 Å². The molecule has 0 saturated carbocycles. The Hall–Kier alpha value is -1.49. The van der Waals surface area contributed by atoms with Crippen LogP contribution < -0.4 is 21.7 Å². The first-order valence-corrected chi connectivity index (χ1v) is 4.32. The van der Waals surface area contributed by atoms with Gasteiger partial charge in [0.15, 0.2) is 6.54 Å². The second-order valence-corrected chi connectivity index (χ2v) is 2.94. The fourth-order valence-electron chi connectivity index (χ4n) is 1.21. The predicted octanol–water partition coefficient (Wildman–Crippen LogP) is -2.42. The number of aromatic nitrogens is 3. The molecule has 0 amide bonds. The lowest BCUT2D eigenvalue weighted by atomic mass is 10.1. The summed E-state index contributed by atoms with van der Waals surface area (Å²) in [5, 5.41) is 2.82. The normalized spacial score (nSPS) is 9.33. The van der Waals surface area contributed by atoms with E-state index in [4.69, 9.17) is 0 Å². The molecule has 1 aromatic carbocycles. The lowest BCUT2D eigenvalue weighted by molar-refractivity contribution is -0.738. The third kappa shape index (κ3) is 2.99. The van der Waals surface area contributed by atoms with E-state index < -0.39 is 0 Å². The molecular weight excluding hydrogens is 258 g/mol. The summed E-state index contributed by atoms with van der Waals surface area (Å²) in [7, 11) is 0. The number of Topliss-reactive ketones (excluding diaryl/α,β-unsaturated/α-hetero) is 1. The number of carbonyl (C=O) groups is 1. The van der Waals surface area contributed by atoms with Gasteiger partial charge in [0.05, 0.1) is 0 Å². The molecule has 0 radical (unpaired) electrons. The minimum Gasteiger partial charge on any atom is -1.00 e. The Morgan fingerprint density at radius 2 is 2.07 bits per heavy atom. The summed E-state index contributed by atoms with van der Waals surface area (Å²) in [5.74, 6) is 0.0693. The minimum atomic E-state index is 0. The topological polar surface area (TPSA) is 49.6 Å². The molecule has 1 aromatic heterocycles. The van der Waals surface area contributed by atoms with E-state index in [1.165, 1.54) is 6.33 Å². The molecule has 0 aliphatic rings. The molecule has 1 N–H and O–H groups in total. The number of nitrogens with zero attached hydrogens (tertiary/aromatic N) is 2. The van der Waals surface area contributed by atoms with Crippen LogP contribution in [-0.2, 0) is 6.54 Å². The predicted molar refractivity (Wildman–Crippen MR) is 49.6 cm³/mol. The molecule has 0 aliphatic carbocycles. The van der Waals surface area contributed by atoms with E-state index in [1.807, 2.05) is 18.2 Å². The number of nitrogens with one attached hydrogen (secondary N) is 1. The molecule has 4 nitrogen and oxygen atoms in total. The molecule has 0 spiro atoms. The quantitative estimate of drug-likeness (QED) is 0.498. The molecule has 0 aliphatic heterocycles. The van der Waals surface area contributed by atoms with Gasteiger partial charge in [0.25, 0.3) is 0 Å². The maximum atomic E-state index is 11.6. The zero-order valence-corrected chi connectivity index (χ0v) is 9.52. The van der Waals surface area contributed by atoms with Gasteiger partial charge in [-0.25, -0.2) is 0 Å². The van der Waals surface area contributed by atoms with Gasteiger partial charge in [0.1, 0.15) is 0 Å². The lowest BCUT2D eigenvalue weighted by Crippen LogP contribution is -3.00. The fraction of sp³-hybridized carbons (Fsp3) is 0.100. The van der Waals surface area contributed by atoms with Crippen LogP contribution in [0, 0.1) is 0 Å². The van der Waals surface area contributed by atoms with Gasteiger partial charge in [0, 0.05) is 5.56 Å². The second kappa shape index (κ2) is 5.41. The number of hydrogen-bond acceptors (Lipinski definition) is 2. The summed E-state index contributed by atoms with van der Waals surface area (Å²) in [6, 6.07) is 9.20. The summed E-state index contributed by atoms with van der Waals surface area (Å²) >= 11 is 0. The van der Waals surface area contributed by atoms with Gasteiger partial charge in [0.2, 0.25) is 12.1 Å². The van der Waals surface area contributed by atoms with E-state index >= 15 is 0 Å². The molecule has 2 aromatic rings. The molecule has 0 fully saturated rings. The molecule has 78 valence electrons. The summed E-state index contributed by atoms with van der Waals surface area (Å²) < 4.78 is 1.63. The van der Waals surface area contributed by atoms with Crippen molar-refractivity contribution in [3.63, 3.8) is 0 Å². The van der Waals surface area contributed by atoms with E-state index in [-0.39, 0.29) is 22.8 Å². The van der Waals surface area contributed by atoms with Gasteiger partial charge in [-0.2, -0.15) is 9.78 Å². The van der Waals surface area contributed by atoms with Crippen molar-refractivity contribution in [3.8, 4) is 0 Å². The average molecular weight is 268 g/mol. The van der Waals surface area contributed by atoms with Crippen molar-refractivity contribution in [3.05, 3.63) is 48.5 Å². The van der Waals surface area contributed by atoms with Crippen LogP contribution in [0.1, 0.15) is 10.4 Å². The number of ketones is 1. The molecule has 2 rings (SSSR count). The first-order chi connectivity index (χ1) is 6.86. The highest BCUT2D eigenvalue weighted by Gasteiger charge is 2.09. The van der Waals surface area contributed by atoms with Crippen LogP contribution in [0.5, 0.6) is 0 Å². The molecule has 0 saturated heterocycles. The number of hydrogen-bond donors (Lipinski definition) is 1. The van der Waals surface area contributed by atoms with E-state index in [2.05, 4.69) is 10.1 Å². The van der Waals surface area contributed by atoms with Crippen LogP contribution in [-0.4, -0.2) is 15.9 Å². The number of aromatic amines is 1. The van der Waals surface area contributed by atoms with Crippen molar-refractivity contribution in [2.75, 3.05) is 0 Å². The van der Waals surface area contributed by atoms with Crippen LogP contribution in [0.3, 0.4) is 0 Å². The summed E-state index contributed by atoms with van der Waals surface area (Å²) in [6.45, 7) is 0.296. The first-order valence-electron chi connectivity index (χ1n) is 4.32. The molecule has 0 atom stereocenters. The second-order valence-electron chi connectivity index (χ2n) is 2.94. The lowest BCUT2D eigenvalue weighted by Gasteiger charge is -1.96. The van der Waals surface area contributed by atoms with Crippen LogP contribution in [0.2, 0.25) is 0 Å². The molecule has 15 heavy (non-hydrogen) atoms. The highest BCUT2D eigenvalue weighted by molar-refractivity contribution is 5.94. The highest BCUT2D eigenvalue weighted by Crippen LogP contribution is 1.99. The van der Waals surface area contributed by atoms with Crippen LogP contribution in [0.4, 0.5) is 0 Å². The summed E-state index contributed by atoms with van der Waals surface area (Å²) in [4.78, 5) is 15.5. The number of carbonyl (C=O) groups excluding carboxylic acids is 1. The minimum absolute atomic E-state index is 0. The monoisotopic (exact) mass is 267 g/mol. The zero-order valence-electron chi connectivity index (χ0n) is 7.93. The number of H-pyrrole nitrogens is 1. The van der Waals surface area contributed by atoms with Crippen molar-refractivity contribution >= 4 is 5.78 Å². The van der Waals surface area contributed by atoms with E-state index in [1.54, 1.807) is 23.1 Å². The Morgan fingerprint density at radius 3 is 2.67 bits per heavy atom. The maximum absolute atomic E-state index is 11.6. The smallest absolute Gasteiger partial charge is 0.307 e. The van der Waals surface area contributed by atoms with Gasteiger partial charge in [-0.1, -0.05) is 30.3 Å². The molecule has 0 unspecified atom stereocenters. The van der Waals surface area contributed by atoms with Crippen LogP contribution >= 0.6 is 0 Å². The van der Waals surface area contributed by atoms with Crippen LogP contribution in [0.25, 0.3) is 0 Å². The number of halogens is 1. The Kier molecular flexibility index (Phi) is 4.17. The number of benzene rings is 1. The van der Waals surface area contributed by atoms with Gasteiger partial charge in [-0.05, 0) is 4.98 Å². The highest BCUT2D eigenvalue weighted by atomic mass is 79.9. The largest absolute Gasteiger partial charge is 1.00 e. The molecular formula is C10H10BrN3O. The van der Waals surface area contributed by atoms with E-state index in [9.17, 15) is 4.79 Å². The van der Waals surface area contributed by atoms with Gasteiger partial charge in [-0.15, -0.1) is 0 Å². The van der Waals surface area contributed by atoms with Crippen molar-refractivity contribution in [2.24, 2.45) is 0 Å². The van der Waals surface area contributed by atoms with Gasteiger partial charge >= 0.3 is 6.33 Å². The van der Waals surface area contributed by atoms with Crippen LogP contribution in [0.15, 0.2) is 43.0 Å². The Balaban J connectivity index is 0.00000112. The summed E-state index contributed by atoms with van der Waals surface area (Å²) in [6.07, 6.45) is 3.12. The van der Waals surface area contributed by atoms with E-state index in [0.717, 1.165) is 5.56 Å². The van der Waals surface area contributed by atoms with Crippen molar-refractivity contribution in [1.29, 1.82) is 0 Å². The standard InChI is InChI=1S/C10H9N3O.BrH/c14-10(6-13-8-11-7-12-13)9-4-2-1-3-5-9;/h1-5,7-8H,6H2;1H. The summed E-state index contributed by atoms with van der Waals surface area (Å²) in [5.41, 5.74) is 0.717. The first kappa shape index (κ1) is 11.6. The Labute approximate surface area is 97.7 Å². The maximum Gasteiger partial charge on any atom is 0.307 e. The van der Waals surface area contributed by atoms with Crippen molar-refractivity contribution < 1.29 is 26.5 Å². The van der Waals surface area contributed by atoms with E-state index in [0.29, 0.717) is 6.54 Å². The number of rotatable bonds is 3. The Morgan fingerprint density at radius 1 is 1.33 bits per heavy atom. The zero-order chi connectivity index (χ0) is 9.80. The molecule has 5 heteroatoms. The molecule has 1 heterocycles. The molecule has 0 bridgehead atoms. The Bertz CT molecular complexity index is 413. The van der Waals surface area contributed by atoms with Gasteiger partial charge < -0.3 is 17.0 Å². The SMILES string of the molecule is O=C(C[n+]1cnc[nH]1)c1ccccc1.[Br-]. The third-order valence-corrected chi connectivity index (χ3v) is 1.91. The van der Waals surface area contributed by atoms with Crippen molar-refractivity contribution in [1.82, 2.24) is 10.1 Å².